The molecule has 0 spiro atoms. The largest absolute Gasteiger partial charge is 0.488 e. The fraction of sp³-hybridized carbons (Fsp3) is 0.650. The van der Waals surface area contributed by atoms with E-state index in [4.69, 9.17) is 16.3 Å². The molecular formula is C20H30Cl3N3O3. The van der Waals surface area contributed by atoms with Gasteiger partial charge in [-0.15, -0.1) is 24.8 Å². The van der Waals surface area contributed by atoms with Gasteiger partial charge < -0.3 is 20.1 Å². The molecule has 0 radical (unpaired) electrons. The van der Waals surface area contributed by atoms with Gasteiger partial charge in [-0.3, -0.25) is 9.69 Å². The van der Waals surface area contributed by atoms with Crippen LogP contribution in [0.1, 0.15) is 12.8 Å². The molecule has 9 heteroatoms. The second-order valence-corrected chi connectivity index (χ2v) is 8.43. The Labute approximate surface area is 189 Å². The van der Waals surface area contributed by atoms with E-state index in [1.54, 1.807) is 6.07 Å². The molecule has 3 fully saturated rings. The Bertz CT molecular complexity index is 675. The number of aliphatic hydroxyl groups is 1. The zero-order valence-electron chi connectivity index (χ0n) is 16.3. The zero-order valence-corrected chi connectivity index (χ0v) is 18.7. The molecule has 6 nitrogen and oxygen atoms in total. The van der Waals surface area contributed by atoms with Crippen molar-refractivity contribution in [1.29, 1.82) is 0 Å². The van der Waals surface area contributed by atoms with Gasteiger partial charge in [0, 0.05) is 44.3 Å². The van der Waals surface area contributed by atoms with Gasteiger partial charge in [0.05, 0.1) is 12.6 Å². The molecule has 2 saturated heterocycles. The van der Waals surface area contributed by atoms with E-state index in [1.165, 1.54) is 0 Å². The third kappa shape index (κ3) is 6.12. The van der Waals surface area contributed by atoms with Crippen LogP contribution in [0.3, 0.4) is 0 Å². The first-order valence-electron chi connectivity index (χ1n) is 9.89. The summed E-state index contributed by atoms with van der Waals surface area (Å²) in [5, 5.41) is 14.5. The summed E-state index contributed by atoms with van der Waals surface area (Å²) in [4.78, 5) is 16.7. The highest BCUT2D eigenvalue weighted by Gasteiger charge is 2.43. The van der Waals surface area contributed by atoms with Gasteiger partial charge >= 0.3 is 0 Å². The van der Waals surface area contributed by atoms with Crippen molar-refractivity contribution in [2.24, 2.45) is 11.8 Å². The first kappa shape index (κ1) is 24.5. The maximum atomic E-state index is 12.5. The van der Waals surface area contributed by atoms with E-state index in [2.05, 4.69) is 10.2 Å². The van der Waals surface area contributed by atoms with Crippen molar-refractivity contribution in [1.82, 2.24) is 15.1 Å². The normalized spacial score (nSPS) is 29.4. The molecule has 4 rings (SSSR count). The van der Waals surface area contributed by atoms with E-state index < -0.39 is 6.10 Å². The molecule has 1 aromatic rings. The monoisotopic (exact) mass is 465 g/mol. The number of aliphatic hydroxyl groups excluding tert-OH is 1. The van der Waals surface area contributed by atoms with E-state index in [0.717, 1.165) is 52.1 Å². The highest BCUT2D eigenvalue weighted by molar-refractivity contribution is 6.30. The van der Waals surface area contributed by atoms with Crippen LogP contribution in [-0.2, 0) is 4.79 Å². The number of halogens is 3. The summed E-state index contributed by atoms with van der Waals surface area (Å²) in [7, 11) is 0. The van der Waals surface area contributed by atoms with Crippen LogP contribution in [0.15, 0.2) is 24.3 Å². The van der Waals surface area contributed by atoms with Gasteiger partial charge in [-0.1, -0.05) is 17.7 Å². The number of hydrogen-bond donors (Lipinski definition) is 2. The lowest BCUT2D eigenvalue weighted by molar-refractivity contribution is -0.132. The Morgan fingerprint density at radius 2 is 1.86 bits per heavy atom. The minimum atomic E-state index is -0.478. The minimum absolute atomic E-state index is 0. The molecule has 2 heterocycles. The molecule has 1 aromatic carbocycles. The number of rotatable bonds is 4. The van der Waals surface area contributed by atoms with Gasteiger partial charge in [-0.05, 0) is 42.9 Å². The summed E-state index contributed by atoms with van der Waals surface area (Å²) in [5.41, 5.74) is 0. The van der Waals surface area contributed by atoms with Crippen molar-refractivity contribution in [2.75, 3.05) is 45.8 Å². The lowest BCUT2D eigenvalue weighted by Gasteiger charge is -2.35. The van der Waals surface area contributed by atoms with Crippen molar-refractivity contribution in [3.8, 4) is 5.75 Å². The Morgan fingerprint density at radius 3 is 2.55 bits per heavy atom. The minimum Gasteiger partial charge on any atom is -0.488 e. The highest BCUT2D eigenvalue weighted by atomic mass is 35.5. The van der Waals surface area contributed by atoms with Crippen LogP contribution in [-0.4, -0.2) is 78.8 Å². The quantitative estimate of drug-likeness (QED) is 0.711. The van der Waals surface area contributed by atoms with Crippen LogP contribution in [0, 0.1) is 11.8 Å². The van der Waals surface area contributed by atoms with Crippen molar-refractivity contribution < 1.29 is 14.6 Å². The maximum Gasteiger partial charge on any atom is 0.236 e. The molecule has 164 valence electrons. The molecule has 29 heavy (non-hydrogen) atoms. The fourth-order valence-electron chi connectivity index (χ4n) is 4.66. The molecule has 0 bridgehead atoms. The van der Waals surface area contributed by atoms with Gasteiger partial charge in [-0.2, -0.15) is 0 Å². The molecule has 0 aromatic heterocycles. The van der Waals surface area contributed by atoms with Crippen molar-refractivity contribution in [2.45, 2.75) is 25.0 Å². The van der Waals surface area contributed by atoms with E-state index in [-0.39, 0.29) is 36.8 Å². The first-order chi connectivity index (χ1) is 13.1. The number of likely N-dealkylation sites (tertiary alicyclic amines) is 1. The number of ether oxygens (including phenoxy) is 1. The molecule has 1 saturated carbocycles. The Kier molecular flexibility index (Phi) is 9.32. The summed E-state index contributed by atoms with van der Waals surface area (Å²) in [6, 6.07) is 7.33. The van der Waals surface area contributed by atoms with Gasteiger partial charge in [0.25, 0.3) is 0 Å². The average Bonchev–Trinajstić information content (AvgIpc) is 3.03. The Morgan fingerprint density at radius 1 is 1.17 bits per heavy atom. The fourth-order valence-corrected chi connectivity index (χ4v) is 4.84. The number of amides is 1. The van der Waals surface area contributed by atoms with Crippen molar-refractivity contribution in [3.63, 3.8) is 0 Å². The molecule has 2 N–H and O–H groups in total. The average molecular weight is 467 g/mol. The number of carbonyl (C=O) groups excluding carboxylic acids is 1. The van der Waals surface area contributed by atoms with Crippen LogP contribution < -0.4 is 10.1 Å². The van der Waals surface area contributed by atoms with Crippen LogP contribution >= 0.6 is 36.4 Å². The third-order valence-corrected chi connectivity index (χ3v) is 6.31. The number of piperazine rings is 1. The van der Waals surface area contributed by atoms with E-state index in [1.807, 2.05) is 23.1 Å². The molecule has 3 aliphatic rings. The number of nitrogens with zero attached hydrogens (tertiary/aromatic N) is 2. The van der Waals surface area contributed by atoms with E-state index in [0.29, 0.717) is 29.2 Å². The maximum absolute atomic E-state index is 12.5. The summed E-state index contributed by atoms with van der Waals surface area (Å²) in [6.45, 7) is 5.65. The lowest BCUT2D eigenvalue weighted by Crippen LogP contribution is -2.49. The van der Waals surface area contributed by atoms with Gasteiger partial charge in [0.2, 0.25) is 5.91 Å². The van der Waals surface area contributed by atoms with Crippen molar-refractivity contribution >= 4 is 42.3 Å². The molecular weight excluding hydrogens is 437 g/mol. The molecule has 2 aliphatic heterocycles. The Hall–Kier alpha value is -0.760. The summed E-state index contributed by atoms with van der Waals surface area (Å²) < 4.78 is 6.03. The first-order valence-corrected chi connectivity index (χ1v) is 10.3. The SMILES string of the molecule is Cl.Cl.O=C(CN1C[C@H]2C[C@@H](Oc3cccc(Cl)c3)[C@H](O)C[C@H]2C1)N1CCNCC1. The molecule has 1 amide bonds. The lowest BCUT2D eigenvalue weighted by atomic mass is 9.78. The predicted octanol–water partition coefficient (Wildman–Crippen LogP) is 2.07. The second-order valence-electron chi connectivity index (χ2n) is 8.00. The number of benzene rings is 1. The molecule has 0 unspecified atom stereocenters. The zero-order chi connectivity index (χ0) is 18.8. The van der Waals surface area contributed by atoms with E-state index in [9.17, 15) is 9.90 Å². The topological polar surface area (TPSA) is 65.0 Å². The number of nitrogens with one attached hydrogen (secondary N) is 1. The van der Waals surface area contributed by atoms with Gasteiger partial charge in [0.1, 0.15) is 11.9 Å². The third-order valence-electron chi connectivity index (χ3n) is 6.07. The van der Waals surface area contributed by atoms with Crippen LogP contribution in [0.25, 0.3) is 0 Å². The highest BCUT2D eigenvalue weighted by Crippen LogP contribution is 2.38. The van der Waals surface area contributed by atoms with E-state index >= 15 is 0 Å². The summed E-state index contributed by atoms with van der Waals surface area (Å²) in [5.74, 6) is 1.83. The molecule has 1 aliphatic carbocycles. The summed E-state index contributed by atoms with van der Waals surface area (Å²) >= 11 is 6.03. The van der Waals surface area contributed by atoms with Gasteiger partial charge in [0.15, 0.2) is 0 Å². The standard InChI is InChI=1S/C20H28ClN3O3.2ClH/c21-16-2-1-3-17(10-16)27-19-9-15-12-23(11-14(15)8-18(19)25)13-20(26)24-6-4-22-5-7-24;;/h1-3,10,14-15,18-19,22,25H,4-9,11-13H2;2*1H/t14-,15+,18+,19+;;/m0../s1. The number of fused-ring (bicyclic) bond motifs is 1. The Balaban J connectivity index is 0.00000150. The van der Waals surface area contributed by atoms with Crippen molar-refractivity contribution in [3.05, 3.63) is 29.3 Å². The number of carbonyl (C=O) groups is 1. The smallest absolute Gasteiger partial charge is 0.236 e. The summed E-state index contributed by atoms with van der Waals surface area (Å²) in [6.07, 6.45) is 0.854. The number of hydrogen-bond acceptors (Lipinski definition) is 5. The van der Waals surface area contributed by atoms with Gasteiger partial charge in [-0.25, -0.2) is 0 Å². The predicted molar refractivity (Wildman–Crippen MR) is 118 cm³/mol. The van der Waals surface area contributed by atoms with Crippen LogP contribution in [0.4, 0.5) is 0 Å². The second kappa shape index (κ2) is 11.0. The molecule has 4 atom stereocenters. The van der Waals surface area contributed by atoms with Crippen LogP contribution in [0.5, 0.6) is 5.75 Å². The van der Waals surface area contributed by atoms with Crippen LogP contribution in [0.2, 0.25) is 5.02 Å².